The van der Waals surface area contributed by atoms with Crippen LogP contribution in [0.2, 0.25) is 5.02 Å². The molecule has 0 aliphatic carbocycles. The van der Waals surface area contributed by atoms with Crippen molar-refractivity contribution in [3.63, 3.8) is 0 Å². The average Bonchev–Trinajstić information content (AvgIpc) is 2.77. The number of methoxy groups -OCH3 is 1. The van der Waals surface area contributed by atoms with Gasteiger partial charge in [0, 0.05) is 32.2 Å². The van der Waals surface area contributed by atoms with Gasteiger partial charge in [-0.2, -0.15) is 0 Å². The molecule has 1 heterocycles. The zero-order valence-corrected chi connectivity index (χ0v) is 11.8. The van der Waals surface area contributed by atoms with Crippen LogP contribution in [0.3, 0.4) is 0 Å². The fraction of sp³-hybridized carbons (Fsp3) is 0.571. The van der Waals surface area contributed by atoms with Crippen molar-refractivity contribution in [3.8, 4) is 0 Å². The summed E-state index contributed by atoms with van der Waals surface area (Å²) < 4.78 is 5.21. The zero-order chi connectivity index (χ0) is 13.1. The van der Waals surface area contributed by atoms with E-state index in [4.69, 9.17) is 22.1 Å². The zero-order valence-electron chi connectivity index (χ0n) is 11.0. The first-order valence-electron chi connectivity index (χ1n) is 6.40. The SMILES string of the molecule is COCC1CCN(c2ccc([C@H](C)N)cc2Cl)C1. The average molecular weight is 269 g/mol. The second-order valence-corrected chi connectivity index (χ2v) is 5.46. The van der Waals surface area contributed by atoms with Crippen LogP contribution in [-0.2, 0) is 4.74 Å². The lowest BCUT2D eigenvalue weighted by atomic mass is 10.1. The molecule has 4 heteroatoms. The standard InChI is InChI=1S/C14H21ClN2O/c1-10(16)12-3-4-14(13(15)7-12)17-6-5-11(8-17)9-18-2/h3-4,7,10-11H,5-6,8-9,16H2,1-2H3/t10-,11?/m0/s1. The fourth-order valence-corrected chi connectivity index (χ4v) is 2.79. The number of hydrogen-bond acceptors (Lipinski definition) is 3. The molecular formula is C14H21ClN2O. The lowest BCUT2D eigenvalue weighted by molar-refractivity contribution is 0.161. The third kappa shape index (κ3) is 2.97. The minimum atomic E-state index is 0.0244. The molecule has 18 heavy (non-hydrogen) atoms. The molecule has 0 saturated carbocycles. The van der Waals surface area contributed by atoms with Crippen LogP contribution in [0.1, 0.15) is 24.9 Å². The van der Waals surface area contributed by atoms with Crippen LogP contribution >= 0.6 is 11.6 Å². The maximum Gasteiger partial charge on any atom is 0.0642 e. The third-order valence-corrected chi connectivity index (χ3v) is 3.83. The number of nitrogens with zero attached hydrogens (tertiary/aromatic N) is 1. The van der Waals surface area contributed by atoms with E-state index in [0.29, 0.717) is 5.92 Å². The highest BCUT2D eigenvalue weighted by molar-refractivity contribution is 6.33. The van der Waals surface area contributed by atoms with Crippen LogP contribution in [0, 0.1) is 5.92 Å². The Labute approximate surface area is 114 Å². The van der Waals surface area contributed by atoms with Crippen molar-refractivity contribution in [2.45, 2.75) is 19.4 Å². The molecule has 0 bridgehead atoms. The maximum atomic E-state index is 6.35. The summed E-state index contributed by atoms with van der Waals surface area (Å²) in [6.07, 6.45) is 1.17. The van der Waals surface area contributed by atoms with Crippen LogP contribution in [-0.4, -0.2) is 26.8 Å². The number of hydrogen-bond donors (Lipinski definition) is 1. The predicted molar refractivity (Wildman–Crippen MR) is 76.3 cm³/mol. The quantitative estimate of drug-likeness (QED) is 0.913. The van der Waals surface area contributed by atoms with E-state index in [2.05, 4.69) is 17.0 Å². The first-order chi connectivity index (χ1) is 8.61. The lowest BCUT2D eigenvalue weighted by Gasteiger charge is -2.21. The number of nitrogens with two attached hydrogens (primary N) is 1. The molecule has 1 saturated heterocycles. The Hall–Kier alpha value is -0.770. The van der Waals surface area contributed by atoms with Crippen molar-refractivity contribution < 1.29 is 4.74 Å². The molecule has 1 fully saturated rings. The normalized spacial score (nSPS) is 21.3. The van der Waals surface area contributed by atoms with E-state index in [-0.39, 0.29) is 6.04 Å². The van der Waals surface area contributed by atoms with Gasteiger partial charge < -0.3 is 15.4 Å². The van der Waals surface area contributed by atoms with E-state index in [0.717, 1.165) is 36.0 Å². The van der Waals surface area contributed by atoms with Gasteiger partial charge in [0.2, 0.25) is 0 Å². The summed E-state index contributed by atoms with van der Waals surface area (Å²) in [5, 5.41) is 0.794. The Bertz CT molecular complexity index is 409. The highest BCUT2D eigenvalue weighted by Crippen LogP contribution is 2.32. The van der Waals surface area contributed by atoms with Gasteiger partial charge >= 0.3 is 0 Å². The molecule has 2 atom stereocenters. The van der Waals surface area contributed by atoms with Crippen molar-refractivity contribution in [3.05, 3.63) is 28.8 Å². The molecule has 0 aromatic heterocycles. The minimum Gasteiger partial charge on any atom is -0.384 e. The van der Waals surface area contributed by atoms with Crippen LogP contribution < -0.4 is 10.6 Å². The molecule has 1 aromatic carbocycles. The molecule has 100 valence electrons. The van der Waals surface area contributed by atoms with Gasteiger partial charge in [0.1, 0.15) is 0 Å². The van der Waals surface area contributed by atoms with Gasteiger partial charge in [-0.25, -0.2) is 0 Å². The second kappa shape index (κ2) is 5.91. The molecule has 2 rings (SSSR count). The molecule has 0 amide bonds. The van der Waals surface area contributed by atoms with Crippen LogP contribution in [0.15, 0.2) is 18.2 Å². The van der Waals surface area contributed by atoms with Gasteiger partial charge in [-0.05, 0) is 31.0 Å². The summed E-state index contributed by atoms with van der Waals surface area (Å²) in [5.41, 5.74) is 8.05. The molecule has 1 aliphatic rings. The Morgan fingerprint density at radius 2 is 2.33 bits per heavy atom. The van der Waals surface area contributed by atoms with Crippen LogP contribution in [0.4, 0.5) is 5.69 Å². The van der Waals surface area contributed by atoms with E-state index < -0.39 is 0 Å². The van der Waals surface area contributed by atoms with E-state index >= 15 is 0 Å². The molecular weight excluding hydrogens is 248 g/mol. The first-order valence-corrected chi connectivity index (χ1v) is 6.78. The largest absolute Gasteiger partial charge is 0.384 e. The Kier molecular flexibility index (Phi) is 4.49. The summed E-state index contributed by atoms with van der Waals surface area (Å²) in [6, 6.07) is 6.15. The number of ether oxygens (including phenoxy) is 1. The summed E-state index contributed by atoms with van der Waals surface area (Å²) >= 11 is 6.35. The summed E-state index contributed by atoms with van der Waals surface area (Å²) in [5.74, 6) is 0.610. The lowest BCUT2D eigenvalue weighted by Crippen LogP contribution is -2.21. The fourth-order valence-electron chi connectivity index (χ4n) is 2.49. The minimum absolute atomic E-state index is 0.0244. The van der Waals surface area contributed by atoms with Gasteiger partial charge in [0.25, 0.3) is 0 Å². The molecule has 0 spiro atoms. The number of halogens is 1. The highest BCUT2D eigenvalue weighted by Gasteiger charge is 2.24. The first kappa shape index (κ1) is 13.7. The molecule has 2 N–H and O–H groups in total. The summed E-state index contributed by atoms with van der Waals surface area (Å²) in [6.45, 7) is 4.86. The third-order valence-electron chi connectivity index (χ3n) is 3.53. The Morgan fingerprint density at radius 1 is 1.56 bits per heavy atom. The summed E-state index contributed by atoms with van der Waals surface area (Å²) in [7, 11) is 1.76. The highest BCUT2D eigenvalue weighted by atomic mass is 35.5. The van der Waals surface area contributed by atoms with Crippen LogP contribution in [0.5, 0.6) is 0 Å². The number of anilines is 1. The van der Waals surface area contributed by atoms with Crippen LogP contribution in [0.25, 0.3) is 0 Å². The van der Waals surface area contributed by atoms with E-state index in [9.17, 15) is 0 Å². The maximum absolute atomic E-state index is 6.35. The van der Waals surface area contributed by atoms with Gasteiger partial charge in [-0.15, -0.1) is 0 Å². The van der Waals surface area contributed by atoms with E-state index in [1.54, 1.807) is 7.11 Å². The van der Waals surface area contributed by atoms with Crippen molar-refractivity contribution in [2.24, 2.45) is 11.7 Å². The van der Waals surface area contributed by atoms with Gasteiger partial charge in [0.15, 0.2) is 0 Å². The smallest absolute Gasteiger partial charge is 0.0642 e. The molecule has 0 radical (unpaired) electrons. The monoisotopic (exact) mass is 268 g/mol. The molecule has 3 nitrogen and oxygen atoms in total. The number of rotatable bonds is 4. The topological polar surface area (TPSA) is 38.5 Å². The van der Waals surface area contributed by atoms with Crippen molar-refractivity contribution in [1.29, 1.82) is 0 Å². The van der Waals surface area contributed by atoms with Crippen molar-refractivity contribution >= 4 is 17.3 Å². The van der Waals surface area contributed by atoms with Gasteiger partial charge in [0.05, 0.1) is 17.3 Å². The predicted octanol–water partition coefficient (Wildman–Crippen LogP) is 2.83. The Balaban J connectivity index is 2.10. The van der Waals surface area contributed by atoms with E-state index in [1.807, 2.05) is 13.0 Å². The second-order valence-electron chi connectivity index (χ2n) is 5.06. The van der Waals surface area contributed by atoms with Crippen molar-refractivity contribution in [1.82, 2.24) is 0 Å². The Morgan fingerprint density at radius 3 is 2.94 bits per heavy atom. The number of benzene rings is 1. The van der Waals surface area contributed by atoms with Crippen molar-refractivity contribution in [2.75, 3.05) is 31.7 Å². The molecule has 1 aliphatic heterocycles. The van der Waals surface area contributed by atoms with E-state index in [1.165, 1.54) is 6.42 Å². The molecule has 1 aromatic rings. The summed E-state index contributed by atoms with van der Waals surface area (Å²) in [4.78, 5) is 2.33. The van der Waals surface area contributed by atoms with Gasteiger partial charge in [-0.3, -0.25) is 0 Å². The van der Waals surface area contributed by atoms with Gasteiger partial charge in [-0.1, -0.05) is 17.7 Å². The molecule has 1 unspecified atom stereocenters.